The van der Waals surface area contributed by atoms with Gasteiger partial charge < -0.3 is 4.55 Å². The summed E-state index contributed by atoms with van der Waals surface area (Å²) in [5, 5.41) is 0. The molecule has 1 aromatic heterocycles. The molecule has 4 aliphatic carbocycles. The van der Waals surface area contributed by atoms with Crippen LogP contribution in [-0.4, -0.2) is 19.1 Å². The largest absolute Gasteiger partial charge is 0.726 e. The van der Waals surface area contributed by atoms with E-state index in [0.717, 1.165) is 48.9 Å². The Labute approximate surface area is 182 Å². The van der Waals surface area contributed by atoms with Crippen molar-refractivity contribution in [2.24, 2.45) is 40.9 Å². The molecule has 0 aromatic carbocycles. The molecular weight excluding hydrogens is 398 g/mol. The molecule has 30 heavy (non-hydrogen) atoms. The fourth-order valence-corrected chi connectivity index (χ4v) is 8.27. The summed E-state index contributed by atoms with van der Waals surface area (Å²) in [6, 6.07) is 5.86. The predicted molar refractivity (Wildman–Crippen MR) is 114 cm³/mol. The highest BCUT2D eigenvalue weighted by atomic mass is 32.3. The van der Waals surface area contributed by atoms with Gasteiger partial charge in [-0.25, -0.2) is 13.4 Å². The van der Waals surface area contributed by atoms with Crippen LogP contribution in [0.4, 0.5) is 0 Å². The van der Waals surface area contributed by atoms with Crippen LogP contribution in [0.1, 0.15) is 71.6 Å². The van der Waals surface area contributed by atoms with Crippen molar-refractivity contribution in [2.45, 2.75) is 77.7 Å². The van der Waals surface area contributed by atoms with Gasteiger partial charge in [-0.2, -0.15) is 0 Å². The van der Waals surface area contributed by atoms with Crippen molar-refractivity contribution in [3.8, 4) is 0 Å². The third-order valence-electron chi connectivity index (χ3n) is 9.16. The van der Waals surface area contributed by atoms with Gasteiger partial charge in [-0.1, -0.05) is 26.3 Å². The van der Waals surface area contributed by atoms with Crippen molar-refractivity contribution in [1.29, 1.82) is 0 Å². The third-order valence-corrected chi connectivity index (χ3v) is 9.66. The quantitative estimate of drug-likeness (QED) is 0.501. The fraction of sp³-hybridized carbons (Fsp3) is 0.792. The Kier molecular flexibility index (Phi) is 6.57. The molecule has 0 aliphatic heterocycles. The van der Waals surface area contributed by atoms with Crippen LogP contribution >= 0.6 is 0 Å². The van der Waals surface area contributed by atoms with E-state index in [0.29, 0.717) is 11.3 Å². The van der Waals surface area contributed by atoms with Gasteiger partial charge in [0.05, 0.1) is 6.10 Å². The molecule has 5 rings (SSSR count). The number of hydrogen-bond donors (Lipinski definition) is 0. The number of nitrogens with one attached hydrogen (secondary N) is 1. The second kappa shape index (κ2) is 8.87. The van der Waals surface area contributed by atoms with E-state index >= 15 is 0 Å². The lowest BCUT2D eigenvalue weighted by atomic mass is 9.47. The highest BCUT2D eigenvalue weighted by molar-refractivity contribution is 7.80. The zero-order chi connectivity index (χ0) is 21.4. The first-order valence-corrected chi connectivity index (χ1v) is 13.2. The summed E-state index contributed by atoms with van der Waals surface area (Å²) < 4.78 is 37.6. The van der Waals surface area contributed by atoms with E-state index in [2.05, 4.69) is 18.8 Å². The molecule has 168 valence electrons. The van der Waals surface area contributed by atoms with Gasteiger partial charge in [0.25, 0.3) is 0 Å². The first kappa shape index (κ1) is 22.2. The van der Waals surface area contributed by atoms with Crippen molar-refractivity contribution in [2.75, 3.05) is 0 Å². The minimum atomic E-state index is -4.57. The molecule has 1 N–H and O–H groups in total. The molecule has 8 atom stereocenters. The minimum Gasteiger partial charge on any atom is -0.726 e. The van der Waals surface area contributed by atoms with Crippen molar-refractivity contribution in [3.05, 3.63) is 30.6 Å². The summed E-state index contributed by atoms with van der Waals surface area (Å²) in [6.45, 7) is 4.90. The average Bonchev–Trinajstić information content (AvgIpc) is 3.10. The molecule has 4 saturated carbocycles. The summed E-state index contributed by atoms with van der Waals surface area (Å²) in [5.41, 5.74) is 0.326. The Morgan fingerprint density at radius 1 is 0.933 bits per heavy atom. The zero-order valence-electron chi connectivity index (χ0n) is 18.3. The van der Waals surface area contributed by atoms with Crippen LogP contribution in [0.5, 0.6) is 0 Å². The van der Waals surface area contributed by atoms with Crippen LogP contribution in [0.2, 0.25) is 0 Å². The second-order valence-electron chi connectivity index (χ2n) is 10.5. The molecular formula is C24H37NO4S. The Morgan fingerprint density at radius 3 is 2.27 bits per heavy atom. The van der Waals surface area contributed by atoms with Gasteiger partial charge in [0.1, 0.15) is 0 Å². The molecule has 6 heteroatoms. The van der Waals surface area contributed by atoms with Gasteiger partial charge in [0.2, 0.25) is 10.4 Å². The first-order chi connectivity index (χ1) is 14.3. The van der Waals surface area contributed by atoms with Crippen LogP contribution in [-0.2, 0) is 14.6 Å². The molecule has 0 saturated heterocycles. The summed E-state index contributed by atoms with van der Waals surface area (Å²) >= 11 is 0. The topological polar surface area (TPSA) is 80.6 Å². The number of pyridine rings is 1. The SMILES string of the molecule is C[C@@H]1CC[C@@H]2[C@H]1CC[C@H]1[C@H]2CC[C@@H]2C[C@H](OS(=O)(=O)[O-])CC[C@@]21C.c1cc[nH+]cc1. The minimum absolute atomic E-state index is 0.326. The van der Waals surface area contributed by atoms with E-state index in [-0.39, 0.29) is 6.10 Å². The second-order valence-corrected chi connectivity index (χ2v) is 11.5. The van der Waals surface area contributed by atoms with E-state index in [1.54, 1.807) is 0 Å². The maximum atomic E-state index is 10.9. The number of aromatic nitrogens is 1. The monoisotopic (exact) mass is 435 g/mol. The maximum absolute atomic E-state index is 10.9. The molecule has 0 radical (unpaired) electrons. The van der Waals surface area contributed by atoms with E-state index in [9.17, 15) is 13.0 Å². The van der Waals surface area contributed by atoms with Crippen LogP contribution in [0, 0.1) is 40.9 Å². The Balaban J connectivity index is 0.000000313. The third kappa shape index (κ3) is 4.61. The molecule has 1 aromatic rings. The lowest BCUT2D eigenvalue weighted by Gasteiger charge is -2.59. The van der Waals surface area contributed by atoms with Gasteiger partial charge in [-0.15, -0.1) is 0 Å². The molecule has 0 spiro atoms. The van der Waals surface area contributed by atoms with E-state index in [1.807, 2.05) is 30.6 Å². The van der Waals surface area contributed by atoms with Gasteiger partial charge >= 0.3 is 0 Å². The van der Waals surface area contributed by atoms with Crippen LogP contribution in [0.3, 0.4) is 0 Å². The van der Waals surface area contributed by atoms with Crippen molar-refractivity contribution >= 4 is 10.4 Å². The number of fused-ring (bicyclic) bond motifs is 5. The van der Waals surface area contributed by atoms with Crippen molar-refractivity contribution in [1.82, 2.24) is 0 Å². The Hall–Kier alpha value is -0.980. The molecule has 5 nitrogen and oxygen atoms in total. The molecule has 0 unspecified atom stereocenters. The van der Waals surface area contributed by atoms with Crippen molar-refractivity contribution < 1.29 is 22.1 Å². The molecule has 0 amide bonds. The zero-order valence-corrected chi connectivity index (χ0v) is 19.1. The number of H-pyrrole nitrogens is 1. The molecule has 0 bridgehead atoms. The van der Waals surface area contributed by atoms with Crippen LogP contribution in [0.25, 0.3) is 0 Å². The van der Waals surface area contributed by atoms with E-state index in [4.69, 9.17) is 4.18 Å². The number of aromatic amines is 1. The molecule has 4 fully saturated rings. The standard InChI is InChI=1S/C19H32O4S.C5H5N/c1-12-3-5-16-15(12)7-8-18-17(16)6-4-13-11-14(23-24(20,21)22)9-10-19(13,18)2;1-2-4-6-5-3-1/h12-18H,3-11H2,1-2H3,(H,20,21,22);1-5H/t12-,13-,14-,15+,16-,17+,18+,19+;/m1./s1. The number of rotatable bonds is 2. The molecule has 4 aliphatic rings. The highest BCUT2D eigenvalue weighted by Crippen LogP contribution is 2.63. The van der Waals surface area contributed by atoms with Crippen LogP contribution in [0.15, 0.2) is 30.6 Å². The van der Waals surface area contributed by atoms with Gasteiger partial charge in [0.15, 0.2) is 12.4 Å². The molecule has 1 heterocycles. The summed E-state index contributed by atoms with van der Waals surface area (Å²) in [4.78, 5) is 2.89. The van der Waals surface area contributed by atoms with Crippen LogP contribution < -0.4 is 4.98 Å². The van der Waals surface area contributed by atoms with E-state index < -0.39 is 10.4 Å². The first-order valence-electron chi connectivity index (χ1n) is 11.8. The lowest BCUT2D eigenvalue weighted by Crippen LogP contribution is -2.52. The Morgan fingerprint density at radius 2 is 1.63 bits per heavy atom. The number of hydrogen-bond acceptors (Lipinski definition) is 4. The van der Waals surface area contributed by atoms with E-state index in [1.165, 1.54) is 38.5 Å². The van der Waals surface area contributed by atoms with Gasteiger partial charge in [-0.05, 0) is 92.3 Å². The average molecular weight is 436 g/mol. The summed E-state index contributed by atoms with van der Waals surface area (Å²) in [7, 11) is -4.57. The normalized spacial score (nSPS) is 42.8. The summed E-state index contributed by atoms with van der Waals surface area (Å²) in [6.07, 6.45) is 13.9. The maximum Gasteiger partial charge on any atom is 0.217 e. The highest BCUT2D eigenvalue weighted by Gasteiger charge is 2.56. The Bertz CT molecular complexity index is 774. The lowest BCUT2D eigenvalue weighted by molar-refractivity contribution is -0.377. The fourth-order valence-electron chi connectivity index (χ4n) is 7.76. The smallest absolute Gasteiger partial charge is 0.217 e. The summed E-state index contributed by atoms with van der Waals surface area (Å²) in [5.74, 6) is 5.01. The predicted octanol–water partition coefficient (Wildman–Crippen LogP) is 4.62. The van der Waals surface area contributed by atoms with Gasteiger partial charge in [-0.3, -0.25) is 4.18 Å². The van der Waals surface area contributed by atoms with Gasteiger partial charge in [0, 0.05) is 12.1 Å². The van der Waals surface area contributed by atoms with Crippen molar-refractivity contribution in [3.63, 3.8) is 0 Å².